The van der Waals surface area contributed by atoms with Gasteiger partial charge in [-0.2, -0.15) is 9.97 Å². The van der Waals surface area contributed by atoms with Crippen molar-refractivity contribution in [3.05, 3.63) is 47.7 Å². The van der Waals surface area contributed by atoms with Crippen LogP contribution in [-0.4, -0.2) is 107 Å². The zero-order valence-electron chi connectivity index (χ0n) is 31.3. The molecule has 2 bridgehead atoms. The predicted molar refractivity (Wildman–Crippen MR) is 201 cm³/mol. The molecule has 12 heteroatoms. The number of rotatable bonds is 8. The summed E-state index contributed by atoms with van der Waals surface area (Å²) in [4.78, 5) is 47.5. The lowest BCUT2D eigenvalue weighted by molar-refractivity contribution is -0.112. The normalized spacial score (nSPS) is 26.2. The summed E-state index contributed by atoms with van der Waals surface area (Å²) in [6, 6.07) is 10.8. The van der Waals surface area contributed by atoms with E-state index in [9.17, 15) is 9.59 Å². The third-order valence-corrected chi connectivity index (χ3v) is 12.2. The Balaban J connectivity index is 1.15. The molecule has 6 heterocycles. The number of ether oxygens (including phenoxy) is 4. The second-order valence-corrected chi connectivity index (χ2v) is 16.5. The Labute approximate surface area is 309 Å². The van der Waals surface area contributed by atoms with Crippen molar-refractivity contribution in [2.45, 2.75) is 101 Å². The van der Waals surface area contributed by atoms with E-state index in [1.807, 2.05) is 31.9 Å². The number of nitrogens with zero attached hydrogens (tertiary/aromatic N) is 6. The third kappa shape index (κ3) is 5.67. The standard InChI is InChI=1S/C41H48N6O6/c1-24-30-9-6-8-25-16-29(52-23-50-5)17-31(34(25)30)35-33(24)36-32(18-42-35)37(45-19-26-10-11-27(20-45)47(26)39(49)53-40(2,3)4)44-38(43-36)51-22-41-13-7-15-46(41)28(21-48)12-14-41/h6,8-9,16-18,21,24,26-28H,7,10-15,19-20,22-23H2,1-5H3/t24?,26?,27?,28-,41+/m0/s1. The minimum atomic E-state index is -0.566. The molecule has 53 heavy (non-hydrogen) atoms. The number of aromatic nitrogens is 3. The number of piperazine rings is 1. The number of hydrogen-bond donors (Lipinski definition) is 0. The maximum Gasteiger partial charge on any atom is 0.410 e. The number of hydrogen-bond acceptors (Lipinski definition) is 11. The number of fused-ring (bicyclic) bond motifs is 7. The van der Waals surface area contributed by atoms with Crippen LogP contribution < -0.4 is 14.4 Å². The largest absolute Gasteiger partial charge is 0.468 e. The first-order chi connectivity index (χ1) is 25.6. The van der Waals surface area contributed by atoms with Gasteiger partial charge in [-0.15, -0.1) is 0 Å². The molecule has 0 spiro atoms. The zero-order chi connectivity index (χ0) is 36.6. The quantitative estimate of drug-likeness (QED) is 0.148. The van der Waals surface area contributed by atoms with Crippen molar-refractivity contribution in [1.82, 2.24) is 24.8 Å². The number of methoxy groups -OCH3 is 1. The zero-order valence-corrected chi connectivity index (χ0v) is 31.3. The number of anilines is 1. The lowest BCUT2D eigenvalue weighted by Crippen LogP contribution is -2.57. The monoisotopic (exact) mass is 720 g/mol. The van der Waals surface area contributed by atoms with E-state index in [1.54, 1.807) is 7.11 Å². The minimum Gasteiger partial charge on any atom is -0.468 e. The first-order valence-corrected chi connectivity index (χ1v) is 19.1. The first kappa shape index (κ1) is 34.2. The fraction of sp³-hybridized carbons (Fsp3) is 0.537. The van der Waals surface area contributed by atoms with Crippen molar-refractivity contribution in [2.24, 2.45) is 0 Å². The van der Waals surface area contributed by atoms with Crippen molar-refractivity contribution in [2.75, 3.05) is 45.0 Å². The number of carbonyl (C=O) groups is 2. The van der Waals surface area contributed by atoms with E-state index in [0.29, 0.717) is 31.5 Å². The van der Waals surface area contributed by atoms with Crippen molar-refractivity contribution in [3.63, 3.8) is 0 Å². The summed E-state index contributed by atoms with van der Waals surface area (Å²) in [6.45, 7) is 10.7. The second-order valence-electron chi connectivity index (χ2n) is 16.5. The highest BCUT2D eigenvalue weighted by Crippen LogP contribution is 2.49. The van der Waals surface area contributed by atoms with Gasteiger partial charge in [0, 0.05) is 43.4 Å². The highest BCUT2D eigenvalue weighted by atomic mass is 16.7. The van der Waals surface area contributed by atoms with E-state index >= 15 is 0 Å². The number of amides is 1. The Morgan fingerprint density at radius 1 is 1.06 bits per heavy atom. The lowest BCUT2D eigenvalue weighted by atomic mass is 9.79. The van der Waals surface area contributed by atoms with Crippen LogP contribution in [0.5, 0.6) is 11.8 Å². The van der Waals surface area contributed by atoms with E-state index in [0.717, 1.165) is 95.7 Å². The highest BCUT2D eigenvalue weighted by Gasteiger charge is 2.50. The molecule has 5 atom stereocenters. The molecule has 4 aromatic rings. The molecular weight excluding hydrogens is 672 g/mol. The van der Waals surface area contributed by atoms with Crippen LogP contribution >= 0.6 is 0 Å². The Kier molecular flexibility index (Phi) is 8.26. The van der Waals surface area contributed by atoms with Gasteiger partial charge < -0.3 is 28.6 Å². The summed E-state index contributed by atoms with van der Waals surface area (Å²) < 4.78 is 23.7. The van der Waals surface area contributed by atoms with Crippen molar-refractivity contribution >= 4 is 39.9 Å². The molecule has 9 rings (SSSR count). The van der Waals surface area contributed by atoms with Crippen LogP contribution in [0.1, 0.15) is 83.3 Å². The number of benzene rings is 2. The summed E-state index contributed by atoms with van der Waals surface area (Å²) in [7, 11) is 1.62. The molecule has 0 saturated carbocycles. The molecular formula is C41H48N6O6. The maximum absolute atomic E-state index is 13.4. The van der Waals surface area contributed by atoms with Crippen molar-refractivity contribution in [1.29, 1.82) is 0 Å². The Morgan fingerprint density at radius 2 is 1.87 bits per heavy atom. The third-order valence-electron chi connectivity index (χ3n) is 12.2. The summed E-state index contributed by atoms with van der Waals surface area (Å²) in [5.41, 5.74) is 4.15. The average Bonchev–Trinajstić information content (AvgIpc) is 3.79. The number of aldehydes is 1. The molecule has 3 unspecified atom stereocenters. The van der Waals surface area contributed by atoms with Crippen LogP contribution in [0.2, 0.25) is 0 Å². The molecule has 278 valence electrons. The van der Waals surface area contributed by atoms with Gasteiger partial charge in [-0.1, -0.05) is 25.1 Å². The predicted octanol–water partition coefficient (Wildman–Crippen LogP) is 6.46. The van der Waals surface area contributed by atoms with Gasteiger partial charge in [0.15, 0.2) is 6.79 Å². The average molecular weight is 721 g/mol. The van der Waals surface area contributed by atoms with Crippen LogP contribution in [0.4, 0.5) is 10.6 Å². The molecule has 4 saturated heterocycles. The van der Waals surface area contributed by atoms with Gasteiger partial charge in [0.2, 0.25) is 0 Å². The second kappa shape index (κ2) is 12.8. The summed E-state index contributed by atoms with van der Waals surface area (Å²) >= 11 is 0. The number of carbonyl (C=O) groups excluding carboxylic acids is 2. The molecule has 2 aromatic heterocycles. The van der Waals surface area contributed by atoms with Gasteiger partial charge in [0.05, 0.1) is 40.3 Å². The Bertz CT molecular complexity index is 2100. The van der Waals surface area contributed by atoms with E-state index < -0.39 is 5.60 Å². The van der Waals surface area contributed by atoms with E-state index in [4.69, 9.17) is 33.9 Å². The van der Waals surface area contributed by atoms with Crippen LogP contribution in [0.25, 0.3) is 32.9 Å². The molecule has 0 radical (unpaired) electrons. The molecule has 2 aromatic carbocycles. The molecule has 12 nitrogen and oxygen atoms in total. The molecule has 0 N–H and O–H groups in total. The van der Waals surface area contributed by atoms with Crippen LogP contribution in [0.15, 0.2) is 36.5 Å². The Hall–Kier alpha value is -4.55. The van der Waals surface area contributed by atoms with Gasteiger partial charge in [0.25, 0.3) is 0 Å². The Morgan fingerprint density at radius 3 is 2.62 bits per heavy atom. The highest BCUT2D eigenvalue weighted by molar-refractivity contribution is 6.06. The van der Waals surface area contributed by atoms with Gasteiger partial charge in [-0.05, 0) is 94.3 Å². The van der Waals surface area contributed by atoms with Crippen molar-refractivity contribution in [3.8, 4) is 23.0 Å². The van der Waals surface area contributed by atoms with Crippen LogP contribution in [0.3, 0.4) is 0 Å². The molecule has 4 fully saturated rings. The molecule has 1 aliphatic carbocycles. The molecule has 1 amide bonds. The molecule has 4 aliphatic heterocycles. The van der Waals surface area contributed by atoms with Crippen LogP contribution in [0, 0.1) is 0 Å². The summed E-state index contributed by atoms with van der Waals surface area (Å²) in [5.74, 6) is 1.48. The topological polar surface area (TPSA) is 119 Å². The van der Waals surface area contributed by atoms with E-state index in [-0.39, 0.29) is 42.5 Å². The van der Waals surface area contributed by atoms with E-state index in [1.165, 1.54) is 5.56 Å². The minimum absolute atomic E-state index is 0.00203. The van der Waals surface area contributed by atoms with Gasteiger partial charge in [-0.3, -0.25) is 14.8 Å². The smallest absolute Gasteiger partial charge is 0.410 e. The maximum atomic E-state index is 13.4. The van der Waals surface area contributed by atoms with Gasteiger partial charge in [-0.25, -0.2) is 4.79 Å². The van der Waals surface area contributed by atoms with Gasteiger partial charge >= 0.3 is 12.1 Å². The summed E-state index contributed by atoms with van der Waals surface area (Å²) in [6.07, 6.45) is 8.35. The first-order valence-electron chi connectivity index (χ1n) is 19.1. The lowest BCUT2D eigenvalue weighted by Gasteiger charge is -2.42. The fourth-order valence-electron chi connectivity index (χ4n) is 9.92. The fourth-order valence-corrected chi connectivity index (χ4v) is 9.92. The molecule has 5 aliphatic rings. The van der Waals surface area contributed by atoms with E-state index in [2.05, 4.69) is 47.1 Å². The number of pyridine rings is 1. The summed E-state index contributed by atoms with van der Waals surface area (Å²) in [5, 5.41) is 3.11. The van der Waals surface area contributed by atoms with Gasteiger partial charge in [0.1, 0.15) is 30.1 Å². The SMILES string of the molecule is COCOc1cc2c3c(cccc3c1)C(C)c1c-2ncc2c(N3CC4CCC(C3)N4C(=O)OC(C)(C)C)nc(OC[C@]34CCCN3[C@H](C=O)CC4)nc12. The van der Waals surface area contributed by atoms with Crippen LogP contribution in [-0.2, 0) is 14.3 Å². The van der Waals surface area contributed by atoms with Crippen molar-refractivity contribution < 1.29 is 28.5 Å².